The number of nitrogens with zero attached hydrogens (tertiary/aromatic N) is 1. The van der Waals surface area contributed by atoms with Crippen molar-refractivity contribution >= 4 is 21.7 Å². The van der Waals surface area contributed by atoms with E-state index in [4.69, 9.17) is 0 Å². The van der Waals surface area contributed by atoms with Gasteiger partial charge < -0.3 is 9.69 Å². The minimum absolute atomic E-state index is 0.0129. The van der Waals surface area contributed by atoms with Crippen LogP contribution in [0.1, 0.15) is 39.5 Å². The van der Waals surface area contributed by atoms with Crippen molar-refractivity contribution in [2.75, 3.05) is 18.8 Å². The number of sulfonamides is 1. The minimum atomic E-state index is -3.18. The van der Waals surface area contributed by atoms with Crippen molar-refractivity contribution in [3.8, 4) is 0 Å². The first-order valence-electron chi connectivity index (χ1n) is 6.61. The fraction of sp³-hybridized carbons (Fsp3) is 0.833. The van der Waals surface area contributed by atoms with E-state index in [1.54, 1.807) is 11.8 Å². The molecule has 7 heteroatoms. The highest BCUT2D eigenvalue weighted by Crippen LogP contribution is 2.13. The number of Topliss-reactive ketones (excluding diaryl/α,β-unsaturated/α-hetero) is 1. The summed E-state index contributed by atoms with van der Waals surface area (Å²) in [4.78, 5) is 24.3. The second-order valence-corrected chi connectivity index (χ2v) is 6.92. The molecule has 0 saturated carbocycles. The van der Waals surface area contributed by atoms with E-state index >= 15 is 0 Å². The molecule has 1 heterocycles. The predicted octanol–water partition coefficient (Wildman–Crippen LogP) is 0.286. The number of ketones is 1. The maximum Gasteiger partial charge on any atom is 0.223 e. The van der Waals surface area contributed by atoms with Gasteiger partial charge in [-0.3, -0.25) is 4.79 Å². The molecule has 0 aliphatic carbocycles. The lowest BCUT2D eigenvalue weighted by Gasteiger charge is -2.32. The second kappa shape index (κ2) is 7.00. The van der Waals surface area contributed by atoms with Crippen LogP contribution in [0.3, 0.4) is 0 Å². The van der Waals surface area contributed by atoms with Crippen LogP contribution < -0.4 is 4.72 Å². The van der Waals surface area contributed by atoms with Crippen LogP contribution in [0.2, 0.25) is 0 Å². The van der Waals surface area contributed by atoms with Gasteiger partial charge in [0.15, 0.2) is 0 Å². The number of piperidine rings is 1. The molecule has 0 bridgehead atoms. The average molecular weight is 290 g/mol. The summed E-state index contributed by atoms with van der Waals surface area (Å²) in [5.41, 5.74) is 0. The molecule has 1 rings (SSSR count). The second-order valence-electron chi connectivity index (χ2n) is 4.88. The average Bonchev–Trinajstić information content (AvgIpc) is 2.36. The Labute approximate surface area is 114 Å². The Morgan fingerprint density at radius 3 is 2.26 bits per heavy atom. The molecule has 110 valence electrons. The minimum Gasteiger partial charge on any atom is -0.343 e. The Kier molecular flexibility index (Phi) is 5.93. The molecular weight excluding hydrogens is 268 g/mol. The first-order chi connectivity index (χ1) is 8.84. The van der Waals surface area contributed by atoms with Crippen molar-refractivity contribution in [2.24, 2.45) is 0 Å². The van der Waals surface area contributed by atoms with E-state index in [1.165, 1.54) is 6.92 Å². The summed E-state index contributed by atoms with van der Waals surface area (Å²) < 4.78 is 25.5. The fourth-order valence-corrected chi connectivity index (χ4v) is 2.94. The molecule has 0 radical (unpaired) electrons. The van der Waals surface area contributed by atoms with E-state index in [-0.39, 0.29) is 36.3 Å². The lowest BCUT2D eigenvalue weighted by molar-refractivity contribution is -0.133. The Morgan fingerprint density at radius 1 is 1.21 bits per heavy atom. The topological polar surface area (TPSA) is 83.6 Å². The molecule has 1 aliphatic heterocycles. The Hall–Kier alpha value is -0.950. The third-order valence-electron chi connectivity index (χ3n) is 3.26. The highest BCUT2D eigenvalue weighted by atomic mass is 32.2. The van der Waals surface area contributed by atoms with Crippen molar-refractivity contribution in [3.05, 3.63) is 0 Å². The van der Waals surface area contributed by atoms with Gasteiger partial charge in [0, 0.05) is 32.0 Å². The molecule has 0 aromatic carbocycles. The summed E-state index contributed by atoms with van der Waals surface area (Å²) in [5.74, 6) is 0.0658. The maximum atomic E-state index is 11.8. The summed E-state index contributed by atoms with van der Waals surface area (Å²) in [5, 5.41) is 0. The van der Waals surface area contributed by atoms with Crippen LogP contribution in [0.15, 0.2) is 0 Å². The molecule has 1 aliphatic rings. The lowest BCUT2D eigenvalue weighted by atomic mass is 10.1. The molecule has 0 spiro atoms. The monoisotopic (exact) mass is 290 g/mol. The van der Waals surface area contributed by atoms with Crippen LogP contribution in [0, 0.1) is 0 Å². The van der Waals surface area contributed by atoms with Gasteiger partial charge >= 0.3 is 0 Å². The zero-order valence-electron chi connectivity index (χ0n) is 11.5. The van der Waals surface area contributed by atoms with Gasteiger partial charge in [-0.2, -0.15) is 0 Å². The van der Waals surface area contributed by atoms with Gasteiger partial charge in [0.1, 0.15) is 5.78 Å². The Balaban J connectivity index is 2.36. The van der Waals surface area contributed by atoms with Crippen LogP contribution in [0.5, 0.6) is 0 Å². The molecule has 0 atom stereocenters. The molecule has 1 fully saturated rings. The van der Waals surface area contributed by atoms with Gasteiger partial charge in [0.25, 0.3) is 0 Å². The van der Waals surface area contributed by atoms with E-state index in [2.05, 4.69) is 4.72 Å². The molecule has 6 nitrogen and oxygen atoms in total. The number of carbonyl (C=O) groups excluding carboxylic acids is 2. The third-order valence-corrected chi connectivity index (χ3v) is 4.72. The van der Waals surface area contributed by atoms with Crippen LogP contribution in [0.4, 0.5) is 0 Å². The van der Waals surface area contributed by atoms with Gasteiger partial charge in [-0.15, -0.1) is 0 Å². The van der Waals surface area contributed by atoms with Crippen LogP contribution >= 0.6 is 0 Å². The molecule has 0 unspecified atom stereocenters. The number of amides is 1. The first-order valence-corrected chi connectivity index (χ1v) is 8.26. The van der Waals surface area contributed by atoms with Gasteiger partial charge in [0.05, 0.1) is 5.75 Å². The number of hydrogen-bond acceptors (Lipinski definition) is 4. The smallest absolute Gasteiger partial charge is 0.223 e. The standard InChI is InChI=1S/C12H22N2O4S/c1-3-19(17,18)13-11-6-8-14(9-7-11)12(16)5-4-10(2)15/h11,13H,3-9H2,1-2H3. The quantitative estimate of drug-likeness (QED) is 0.762. The summed E-state index contributed by atoms with van der Waals surface area (Å²) in [7, 11) is -3.18. The fourth-order valence-electron chi connectivity index (χ4n) is 2.03. The van der Waals surface area contributed by atoms with Gasteiger partial charge in [0.2, 0.25) is 15.9 Å². The van der Waals surface area contributed by atoms with E-state index in [0.29, 0.717) is 25.9 Å². The maximum absolute atomic E-state index is 11.8. The normalized spacial score (nSPS) is 17.5. The highest BCUT2D eigenvalue weighted by molar-refractivity contribution is 7.89. The molecule has 1 saturated heterocycles. The van der Waals surface area contributed by atoms with Gasteiger partial charge in [-0.1, -0.05) is 0 Å². The number of nitrogens with one attached hydrogen (secondary N) is 1. The van der Waals surface area contributed by atoms with E-state index in [9.17, 15) is 18.0 Å². The molecule has 1 amide bonds. The molecule has 0 aromatic heterocycles. The van der Waals surface area contributed by atoms with Gasteiger partial charge in [-0.25, -0.2) is 13.1 Å². The van der Waals surface area contributed by atoms with Crippen LogP contribution in [-0.2, 0) is 19.6 Å². The van der Waals surface area contributed by atoms with Crippen LogP contribution in [-0.4, -0.2) is 49.9 Å². The summed E-state index contributed by atoms with van der Waals surface area (Å²) in [6, 6.07) is -0.0817. The van der Waals surface area contributed by atoms with Crippen molar-refractivity contribution in [1.82, 2.24) is 9.62 Å². The largest absolute Gasteiger partial charge is 0.343 e. The van der Waals surface area contributed by atoms with E-state index in [0.717, 1.165) is 0 Å². The SMILES string of the molecule is CCS(=O)(=O)NC1CCN(C(=O)CCC(C)=O)CC1. The number of rotatable bonds is 6. The van der Waals surface area contributed by atoms with Crippen molar-refractivity contribution in [2.45, 2.75) is 45.6 Å². The molecule has 1 N–H and O–H groups in total. The van der Waals surface area contributed by atoms with E-state index < -0.39 is 10.0 Å². The first kappa shape index (κ1) is 16.1. The number of hydrogen-bond donors (Lipinski definition) is 1. The number of carbonyl (C=O) groups is 2. The highest BCUT2D eigenvalue weighted by Gasteiger charge is 2.25. The predicted molar refractivity (Wildman–Crippen MR) is 72.1 cm³/mol. The molecule has 19 heavy (non-hydrogen) atoms. The number of likely N-dealkylation sites (tertiary alicyclic amines) is 1. The summed E-state index contributed by atoms with van der Waals surface area (Å²) in [6.07, 6.45) is 1.79. The zero-order chi connectivity index (χ0) is 14.5. The Bertz CT molecular complexity index is 425. The third kappa shape index (κ3) is 5.69. The van der Waals surface area contributed by atoms with Crippen molar-refractivity contribution in [1.29, 1.82) is 0 Å². The van der Waals surface area contributed by atoms with Gasteiger partial charge in [-0.05, 0) is 26.7 Å². The zero-order valence-corrected chi connectivity index (χ0v) is 12.3. The Morgan fingerprint density at radius 2 is 1.79 bits per heavy atom. The molecular formula is C12H22N2O4S. The lowest BCUT2D eigenvalue weighted by Crippen LogP contribution is -2.46. The van der Waals surface area contributed by atoms with Crippen molar-refractivity contribution < 1.29 is 18.0 Å². The van der Waals surface area contributed by atoms with E-state index in [1.807, 2.05) is 0 Å². The summed E-state index contributed by atoms with van der Waals surface area (Å²) in [6.45, 7) is 4.17. The van der Waals surface area contributed by atoms with Crippen molar-refractivity contribution in [3.63, 3.8) is 0 Å². The van der Waals surface area contributed by atoms with Crippen LogP contribution in [0.25, 0.3) is 0 Å². The summed E-state index contributed by atoms with van der Waals surface area (Å²) >= 11 is 0. The molecule has 0 aromatic rings.